The second-order valence-electron chi connectivity index (χ2n) is 5.07. The van der Waals surface area contributed by atoms with Gasteiger partial charge in [-0.1, -0.05) is 0 Å². The van der Waals surface area contributed by atoms with E-state index in [1.54, 1.807) is 23.9 Å². The lowest BCUT2D eigenvalue weighted by atomic mass is 10.0. The van der Waals surface area contributed by atoms with Gasteiger partial charge in [0, 0.05) is 35.5 Å². The van der Waals surface area contributed by atoms with Gasteiger partial charge in [-0.05, 0) is 37.7 Å². The molecule has 2 atom stereocenters. The molecule has 1 fully saturated rings. The second kappa shape index (κ2) is 6.93. The Morgan fingerprint density at radius 3 is 2.60 bits per heavy atom. The van der Waals surface area contributed by atoms with Crippen molar-refractivity contribution >= 4 is 21.6 Å². The minimum absolute atomic E-state index is 0.371. The van der Waals surface area contributed by atoms with Crippen LogP contribution in [0, 0.1) is 5.92 Å². The second-order valence-corrected chi connectivity index (χ2v) is 8.18. The van der Waals surface area contributed by atoms with E-state index in [0.717, 1.165) is 30.3 Å². The first-order chi connectivity index (χ1) is 9.50. The molecule has 1 aromatic rings. The number of nitrogens with one attached hydrogen (secondary N) is 1. The molecule has 4 nitrogen and oxygen atoms in total. The van der Waals surface area contributed by atoms with Crippen molar-refractivity contribution in [1.82, 2.24) is 5.32 Å². The fourth-order valence-corrected chi connectivity index (χ4v) is 4.06. The van der Waals surface area contributed by atoms with E-state index in [1.165, 1.54) is 6.26 Å². The van der Waals surface area contributed by atoms with Crippen LogP contribution in [-0.2, 0) is 14.6 Å². The molecule has 1 aliphatic rings. The van der Waals surface area contributed by atoms with Crippen molar-refractivity contribution in [3.8, 4) is 0 Å². The van der Waals surface area contributed by atoms with E-state index in [4.69, 9.17) is 4.74 Å². The third-order valence-corrected chi connectivity index (χ3v) is 5.85. The van der Waals surface area contributed by atoms with Gasteiger partial charge in [0.2, 0.25) is 0 Å². The molecule has 2 unspecified atom stereocenters. The SMILES string of the molecule is CNC(CSc1ccc(S(C)(=O)=O)cc1)C1CCOC1. The Labute approximate surface area is 125 Å². The third-order valence-electron chi connectivity index (χ3n) is 3.59. The largest absolute Gasteiger partial charge is 0.381 e. The summed E-state index contributed by atoms with van der Waals surface area (Å²) < 4.78 is 28.2. The quantitative estimate of drug-likeness (QED) is 0.811. The molecule has 0 spiro atoms. The van der Waals surface area contributed by atoms with E-state index < -0.39 is 9.84 Å². The Hall–Kier alpha value is -0.560. The van der Waals surface area contributed by atoms with E-state index in [1.807, 2.05) is 19.2 Å². The first-order valence-electron chi connectivity index (χ1n) is 6.68. The van der Waals surface area contributed by atoms with Crippen molar-refractivity contribution in [2.45, 2.75) is 22.3 Å². The highest BCUT2D eigenvalue weighted by Gasteiger charge is 2.24. The number of benzene rings is 1. The van der Waals surface area contributed by atoms with Gasteiger partial charge in [-0.15, -0.1) is 11.8 Å². The molecular formula is C14H21NO3S2. The van der Waals surface area contributed by atoms with Crippen molar-refractivity contribution in [3.05, 3.63) is 24.3 Å². The van der Waals surface area contributed by atoms with Gasteiger partial charge >= 0.3 is 0 Å². The van der Waals surface area contributed by atoms with E-state index >= 15 is 0 Å². The normalized spacial score (nSPS) is 21.0. The highest BCUT2D eigenvalue weighted by molar-refractivity contribution is 7.99. The van der Waals surface area contributed by atoms with Crippen LogP contribution in [0.1, 0.15) is 6.42 Å². The average Bonchev–Trinajstić information content (AvgIpc) is 2.93. The topological polar surface area (TPSA) is 55.4 Å². The van der Waals surface area contributed by atoms with E-state index in [2.05, 4.69) is 5.32 Å². The Morgan fingerprint density at radius 1 is 1.40 bits per heavy atom. The number of thioether (sulfide) groups is 1. The van der Waals surface area contributed by atoms with Crippen molar-refractivity contribution in [2.24, 2.45) is 5.92 Å². The molecule has 0 amide bonds. The Morgan fingerprint density at radius 2 is 2.10 bits per heavy atom. The first kappa shape index (κ1) is 15.8. The standard InChI is InChI=1S/C14H21NO3S2/c1-15-14(11-7-8-18-9-11)10-19-12-3-5-13(6-4-12)20(2,16)17/h3-6,11,14-15H,7-10H2,1-2H3. The molecule has 1 aromatic carbocycles. The number of sulfone groups is 1. The van der Waals surface area contributed by atoms with Crippen molar-refractivity contribution in [2.75, 3.05) is 32.3 Å². The maximum absolute atomic E-state index is 11.4. The number of rotatable bonds is 6. The van der Waals surface area contributed by atoms with Crippen LogP contribution >= 0.6 is 11.8 Å². The fraction of sp³-hybridized carbons (Fsp3) is 0.571. The van der Waals surface area contributed by atoms with E-state index in [-0.39, 0.29) is 0 Å². The lowest BCUT2D eigenvalue weighted by molar-refractivity contribution is 0.180. The molecule has 0 aromatic heterocycles. The summed E-state index contributed by atoms with van der Waals surface area (Å²) in [4.78, 5) is 1.47. The summed E-state index contributed by atoms with van der Waals surface area (Å²) in [6.07, 6.45) is 2.34. The maximum Gasteiger partial charge on any atom is 0.175 e. The van der Waals surface area contributed by atoms with Crippen molar-refractivity contribution in [1.29, 1.82) is 0 Å². The molecule has 112 valence electrons. The molecule has 2 rings (SSSR count). The predicted molar refractivity (Wildman–Crippen MR) is 82.0 cm³/mol. The van der Waals surface area contributed by atoms with Crippen LogP contribution in [0.2, 0.25) is 0 Å². The summed E-state index contributed by atoms with van der Waals surface area (Å²) in [7, 11) is -1.12. The van der Waals surface area contributed by atoms with Gasteiger partial charge in [0.25, 0.3) is 0 Å². The Bertz CT molecular complexity index is 522. The smallest absolute Gasteiger partial charge is 0.175 e. The van der Waals surface area contributed by atoms with Crippen molar-refractivity contribution in [3.63, 3.8) is 0 Å². The highest BCUT2D eigenvalue weighted by atomic mass is 32.2. The summed E-state index contributed by atoms with van der Waals surface area (Å²) >= 11 is 1.75. The molecule has 0 radical (unpaired) electrons. The first-order valence-corrected chi connectivity index (χ1v) is 9.56. The number of hydrogen-bond acceptors (Lipinski definition) is 5. The summed E-state index contributed by atoms with van der Waals surface area (Å²) in [5, 5.41) is 3.35. The molecule has 1 aliphatic heterocycles. The fourth-order valence-electron chi connectivity index (χ4n) is 2.29. The molecule has 20 heavy (non-hydrogen) atoms. The molecule has 1 saturated heterocycles. The van der Waals surface area contributed by atoms with Gasteiger partial charge in [0.1, 0.15) is 0 Å². The van der Waals surface area contributed by atoms with Gasteiger partial charge in [-0.25, -0.2) is 8.42 Å². The molecule has 0 bridgehead atoms. The van der Waals surface area contributed by atoms with Crippen LogP contribution in [0.25, 0.3) is 0 Å². The summed E-state index contributed by atoms with van der Waals surface area (Å²) in [6, 6.07) is 7.52. The predicted octanol–water partition coefficient (Wildman–Crippen LogP) is 1.81. The van der Waals surface area contributed by atoms with Crippen molar-refractivity contribution < 1.29 is 13.2 Å². The molecule has 0 saturated carbocycles. The lowest BCUT2D eigenvalue weighted by Gasteiger charge is -2.21. The monoisotopic (exact) mass is 315 g/mol. The zero-order chi connectivity index (χ0) is 14.6. The Kier molecular flexibility index (Phi) is 5.49. The van der Waals surface area contributed by atoms with Gasteiger partial charge in [0.05, 0.1) is 11.5 Å². The Balaban J connectivity index is 1.93. The average molecular weight is 315 g/mol. The molecule has 1 N–H and O–H groups in total. The molecule has 6 heteroatoms. The number of ether oxygens (including phenoxy) is 1. The van der Waals surface area contributed by atoms with Gasteiger partial charge in [-0.2, -0.15) is 0 Å². The van der Waals surface area contributed by atoms with Crippen LogP contribution in [0.3, 0.4) is 0 Å². The summed E-state index contributed by atoms with van der Waals surface area (Å²) in [5.41, 5.74) is 0. The zero-order valence-corrected chi connectivity index (χ0v) is 13.5. The molecular weight excluding hydrogens is 294 g/mol. The maximum atomic E-state index is 11.4. The zero-order valence-electron chi connectivity index (χ0n) is 11.8. The van der Waals surface area contributed by atoms with E-state index in [9.17, 15) is 8.42 Å². The van der Waals surface area contributed by atoms with Crippen LogP contribution in [0.4, 0.5) is 0 Å². The van der Waals surface area contributed by atoms with Gasteiger partial charge in [0.15, 0.2) is 9.84 Å². The van der Waals surface area contributed by atoms with E-state index in [0.29, 0.717) is 16.9 Å². The summed E-state index contributed by atoms with van der Waals surface area (Å²) in [5.74, 6) is 1.53. The molecule has 0 aliphatic carbocycles. The van der Waals surface area contributed by atoms with Gasteiger partial charge in [-0.3, -0.25) is 0 Å². The van der Waals surface area contributed by atoms with Crippen LogP contribution in [0.15, 0.2) is 34.1 Å². The summed E-state index contributed by atoms with van der Waals surface area (Å²) in [6.45, 7) is 1.69. The van der Waals surface area contributed by atoms with Crippen LogP contribution < -0.4 is 5.32 Å². The minimum atomic E-state index is -3.11. The van der Waals surface area contributed by atoms with Gasteiger partial charge < -0.3 is 10.1 Å². The minimum Gasteiger partial charge on any atom is -0.381 e. The number of hydrogen-bond donors (Lipinski definition) is 1. The van der Waals surface area contributed by atoms with Crippen LogP contribution in [0.5, 0.6) is 0 Å². The molecule has 1 heterocycles. The lowest BCUT2D eigenvalue weighted by Crippen LogP contribution is -2.36. The van der Waals surface area contributed by atoms with Crippen LogP contribution in [-0.4, -0.2) is 46.7 Å². The highest BCUT2D eigenvalue weighted by Crippen LogP contribution is 2.25. The third kappa shape index (κ3) is 4.22.